The van der Waals surface area contributed by atoms with Gasteiger partial charge < -0.3 is 9.88 Å². The number of aromatic amines is 1. The molecule has 3 nitrogen and oxygen atoms in total. The molecule has 2 aliphatic rings. The van der Waals surface area contributed by atoms with Crippen molar-refractivity contribution < 1.29 is 4.79 Å². The van der Waals surface area contributed by atoms with Crippen LogP contribution < -0.4 is 0 Å². The Morgan fingerprint density at radius 1 is 0.920 bits per heavy atom. The lowest BCUT2D eigenvalue weighted by atomic mass is 9.76. The van der Waals surface area contributed by atoms with Crippen LogP contribution >= 0.6 is 0 Å². The standard InChI is InChI=1S/C22H22N2O/c25-21(16-6-2-1-3-7-16)24-14-12-22(13-15-24)11-10-18-17-8-4-5-9-19(17)23-20(18)22/h1-9,23H,10-15H2. The Morgan fingerprint density at radius 3 is 2.44 bits per heavy atom. The highest BCUT2D eigenvalue weighted by molar-refractivity contribution is 5.94. The van der Waals surface area contributed by atoms with E-state index in [0.717, 1.165) is 37.9 Å². The summed E-state index contributed by atoms with van der Waals surface area (Å²) >= 11 is 0. The number of para-hydroxylation sites is 1. The molecule has 3 aromatic rings. The maximum atomic E-state index is 12.7. The zero-order valence-electron chi connectivity index (χ0n) is 14.3. The minimum atomic E-state index is 0.172. The van der Waals surface area contributed by atoms with Crippen LogP contribution in [0.3, 0.4) is 0 Å². The predicted octanol–water partition coefficient (Wildman–Crippen LogP) is 4.29. The van der Waals surface area contributed by atoms with Crippen LogP contribution in [-0.4, -0.2) is 28.9 Å². The van der Waals surface area contributed by atoms with Crippen LogP contribution in [0.1, 0.15) is 40.9 Å². The number of nitrogens with one attached hydrogen (secondary N) is 1. The molecule has 1 N–H and O–H groups in total. The molecule has 126 valence electrons. The summed E-state index contributed by atoms with van der Waals surface area (Å²) in [5.74, 6) is 0.172. The molecule has 0 radical (unpaired) electrons. The van der Waals surface area contributed by atoms with Gasteiger partial charge in [0.15, 0.2) is 0 Å². The molecule has 1 saturated heterocycles. The molecule has 1 aliphatic heterocycles. The van der Waals surface area contributed by atoms with Crippen LogP contribution in [0.4, 0.5) is 0 Å². The number of amides is 1. The topological polar surface area (TPSA) is 36.1 Å². The molecule has 3 heteroatoms. The Balaban J connectivity index is 1.40. The highest BCUT2D eigenvalue weighted by Gasteiger charge is 2.43. The van der Waals surface area contributed by atoms with Gasteiger partial charge in [-0.05, 0) is 49.4 Å². The minimum absolute atomic E-state index is 0.172. The summed E-state index contributed by atoms with van der Waals surface area (Å²) in [6.07, 6.45) is 4.50. The lowest BCUT2D eigenvalue weighted by Crippen LogP contribution is -2.44. The number of hydrogen-bond donors (Lipinski definition) is 1. The Morgan fingerprint density at radius 2 is 1.64 bits per heavy atom. The van der Waals surface area contributed by atoms with Crippen molar-refractivity contribution in [3.63, 3.8) is 0 Å². The summed E-state index contributed by atoms with van der Waals surface area (Å²) in [6.45, 7) is 1.70. The smallest absolute Gasteiger partial charge is 0.253 e. The molecule has 1 fully saturated rings. The summed E-state index contributed by atoms with van der Waals surface area (Å²) in [7, 11) is 0. The Hall–Kier alpha value is -2.55. The fraction of sp³-hybridized carbons (Fsp3) is 0.318. The van der Waals surface area contributed by atoms with E-state index >= 15 is 0 Å². The van der Waals surface area contributed by atoms with E-state index in [1.165, 1.54) is 28.6 Å². The first kappa shape index (κ1) is 14.8. The number of fused-ring (bicyclic) bond motifs is 4. The third-order valence-electron chi connectivity index (χ3n) is 6.23. The molecule has 0 saturated carbocycles. The van der Waals surface area contributed by atoms with Crippen LogP contribution in [-0.2, 0) is 11.8 Å². The lowest BCUT2D eigenvalue weighted by Gasteiger charge is -2.39. The van der Waals surface area contributed by atoms with E-state index in [4.69, 9.17) is 0 Å². The average Bonchev–Trinajstić information content (AvgIpc) is 3.21. The van der Waals surface area contributed by atoms with Crippen molar-refractivity contribution in [2.24, 2.45) is 0 Å². The largest absolute Gasteiger partial charge is 0.358 e. The van der Waals surface area contributed by atoms with Gasteiger partial charge in [-0.1, -0.05) is 36.4 Å². The molecule has 25 heavy (non-hydrogen) atoms. The van der Waals surface area contributed by atoms with Crippen molar-refractivity contribution in [2.45, 2.75) is 31.1 Å². The van der Waals surface area contributed by atoms with Crippen LogP contribution in [0.5, 0.6) is 0 Å². The first-order chi connectivity index (χ1) is 12.3. The number of rotatable bonds is 1. The van der Waals surface area contributed by atoms with Gasteiger partial charge in [-0.25, -0.2) is 0 Å². The Labute approximate surface area is 147 Å². The summed E-state index contributed by atoms with van der Waals surface area (Å²) in [6, 6.07) is 18.3. The van der Waals surface area contributed by atoms with Crippen LogP contribution in [0, 0.1) is 0 Å². The number of piperidine rings is 1. The molecule has 0 atom stereocenters. The SMILES string of the molecule is O=C(c1ccccc1)N1CCC2(CCc3c2[nH]c2ccccc32)CC1. The van der Waals surface area contributed by atoms with Gasteiger partial charge in [-0.3, -0.25) is 4.79 Å². The summed E-state index contributed by atoms with van der Waals surface area (Å²) < 4.78 is 0. The van der Waals surface area contributed by atoms with E-state index in [0.29, 0.717) is 0 Å². The van der Waals surface area contributed by atoms with E-state index in [1.807, 2.05) is 35.2 Å². The van der Waals surface area contributed by atoms with Crippen molar-refractivity contribution >= 4 is 16.8 Å². The number of benzene rings is 2. The van der Waals surface area contributed by atoms with Crippen molar-refractivity contribution in [3.8, 4) is 0 Å². The second kappa shape index (κ2) is 5.48. The molecular weight excluding hydrogens is 308 g/mol. The van der Waals surface area contributed by atoms with Crippen molar-refractivity contribution in [2.75, 3.05) is 13.1 Å². The number of likely N-dealkylation sites (tertiary alicyclic amines) is 1. The number of H-pyrrole nitrogens is 1. The highest BCUT2D eigenvalue weighted by Crippen LogP contribution is 2.48. The minimum Gasteiger partial charge on any atom is -0.358 e. The average molecular weight is 330 g/mol. The summed E-state index contributed by atoms with van der Waals surface area (Å²) in [5, 5.41) is 1.39. The van der Waals surface area contributed by atoms with E-state index in [9.17, 15) is 4.79 Å². The van der Waals surface area contributed by atoms with E-state index < -0.39 is 0 Å². The molecule has 5 rings (SSSR count). The molecule has 0 unspecified atom stereocenters. The number of nitrogens with zero attached hydrogens (tertiary/aromatic N) is 1. The quantitative estimate of drug-likeness (QED) is 0.710. The van der Waals surface area contributed by atoms with Crippen molar-refractivity contribution in [1.82, 2.24) is 9.88 Å². The van der Waals surface area contributed by atoms with Gasteiger partial charge in [0.2, 0.25) is 0 Å². The van der Waals surface area contributed by atoms with Crippen molar-refractivity contribution in [3.05, 3.63) is 71.4 Å². The Bertz CT molecular complexity index is 933. The second-order valence-corrected chi connectivity index (χ2v) is 7.46. The molecule has 1 aliphatic carbocycles. The summed E-state index contributed by atoms with van der Waals surface area (Å²) in [4.78, 5) is 18.4. The first-order valence-corrected chi connectivity index (χ1v) is 9.21. The Kier molecular flexibility index (Phi) is 3.24. The number of hydrogen-bond acceptors (Lipinski definition) is 1. The molecule has 1 amide bonds. The molecule has 2 aromatic carbocycles. The zero-order valence-corrected chi connectivity index (χ0v) is 14.3. The number of carbonyl (C=O) groups excluding carboxylic acids is 1. The third kappa shape index (κ3) is 2.22. The van der Waals surface area contributed by atoms with E-state index in [2.05, 4.69) is 29.2 Å². The molecule has 1 aromatic heterocycles. The first-order valence-electron chi connectivity index (χ1n) is 9.21. The van der Waals surface area contributed by atoms with Gasteiger partial charge in [-0.15, -0.1) is 0 Å². The zero-order chi connectivity index (χ0) is 16.9. The van der Waals surface area contributed by atoms with Crippen LogP contribution in [0.2, 0.25) is 0 Å². The van der Waals surface area contributed by atoms with Gasteiger partial charge in [0.1, 0.15) is 0 Å². The third-order valence-corrected chi connectivity index (χ3v) is 6.23. The lowest BCUT2D eigenvalue weighted by molar-refractivity contribution is 0.0664. The maximum Gasteiger partial charge on any atom is 0.253 e. The number of carbonyl (C=O) groups is 1. The second-order valence-electron chi connectivity index (χ2n) is 7.46. The number of aromatic nitrogens is 1. The van der Waals surface area contributed by atoms with Crippen LogP contribution in [0.15, 0.2) is 54.6 Å². The monoisotopic (exact) mass is 330 g/mol. The van der Waals surface area contributed by atoms with E-state index in [-0.39, 0.29) is 11.3 Å². The molecular formula is C22H22N2O. The van der Waals surface area contributed by atoms with Crippen molar-refractivity contribution in [1.29, 1.82) is 0 Å². The fourth-order valence-corrected chi connectivity index (χ4v) is 4.80. The van der Waals surface area contributed by atoms with Crippen LogP contribution in [0.25, 0.3) is 10.9 Å². The normalized spacial score (nSPS) is 18.6. The highest BCUT2D eigenvalue weighted by atomic mass is 16.2. The molecule has 2 heterocycles. The fourth-order valence-electron chi connectivity index (χ4n) is 4.80. The maximum absolute atomic E-state index is 12.7. The molecule has 1 spiro atoms. The van der Waals surface area contributed by atoms with Gasteiger partial charge >= 0.3 is 0 Å². The predicted molar refractivity (Wildman–Crippen MR) is 99.9 cm³/mol. The van der Waals surface area contributed by atoms with Gasteiger partial charge in [0.25, 0.3) is 5.91 Å². The van der Waals surface area contributed by atoms with Gasteiger partial charge in [-0.2, -0.15) is 0 Å². The van der Waals surface area contributed by atoms with Gasteiger partial charge in [0, 0.05) is 40.7 Å². The van der Waals surface area contributed by atoms with E-state index in [1.54, 1.807) is 0 Å². The molecule has 0 bridgehead atoms. The van der Waals surface area contributed by atoms with Gasteiger partial charge in [0.05, 0.1) is 0 Å². The summed E-state index contributed by atoms with van der Waals surface area (Å²) in [5.41, 5.74) is 5.26. The number of aryl methyl sites for hydroxylation is 1.